The first-order valence-corrected chi connectivity index (χ1v) is 4.76. The van der Waals surface area contributed by atoms with E-state index in [4.69, 9.17) is 5.11 Å². The maximum atomic E-state index is 10.1. The Hall–Kier alpha value is -0.190. The van der Waals surface area contributed by atoms with Crippen LogP contribution in [0, 0.1) is 0 Å². The molecular formula is C7H7BrO2S. The van der Waals surface area contributed by atoms with E-state index in [0.717, 1.165) is 9.35 Å². The number of carbonyl (C=O) groups excluding carboxylic acids is 1. The molecule has 0 amide bonds. The summed E-state index contributed by atoms with van der Waals surface area (Å²) < 4.78 is 0.996. The Balaban J connectivity index is 2.57. The van der Waals surface area contributed by atoms with Gasteiger partial charge in [-0.05, 0) is 22.0 Å². The molecule has 0 fully saturated rings. The molecule has 1 unspecified atom stereocenters. The zero-order valence-electron chi connectivity index (χ0n) is 5.66. The van der Waals surface area contributed by atoms with Gasteiger partial charge in [-0.15, -0.1) is 11.3 Å². The Morgan fingerprint density at radius 3 is 3.00 bits per heavy atom. The number of thiophene rings is 1. The Bertz CT molecular complexity index is 246. The van der Waals surface area contributed by atoms with Gasteiger partial charge < -0.3 is 9.90 Å². The first-order valence-electron chi connectivity index (χ1n) is 3.08. The first-order chi connectivity index (χ1) is 5.22. The van der Waals surface area contributed by atoms with Gasteiger partial charge in [0.1, 0.15) is 12.4 Å². The van der Waals surface area contributed by atoms with Crippen LogP contribution in [-0.2, 0) is 11.2 Å². The fourth-order valence-corrected chi connectivity index (χ4v) is 2.22. The number of aliphatic hydroxyl groups is 1. The molecule has 4 heteroatoms. The van der Waals surface area contributed by atoms with Crippen LogP contribution in [0.5, 0.6) is 0 Å². The van der Waals surface area contributed by atoms with Gasteiger partial charge >= 0.3 is 0 Å². The Kier molecular flexibility index (Phi) is 3.23. The van der Waals surface area contributed by atoms with Crippen LogP contribution in [0.25, 0.3) is 0 Å². The van der Waals surface area contributed by atoms with Gasteiger partial charge in [0.15, 0.2) is 0 Å². The zero-order chi connectivity index (χ0) is 8.27. The van der Waals surface area contributed by atoms with Gasteiger partial charge in [-0.2, -0.15) is 0 Å². The third-order valence-electron chi connectivity index (χ3n) is 1.19. The van der Waals surface area contributed by atoms with E-state index in [9.17, 15) is 4.79 Å². The minimum Gasteiger partial charge on any atom is -0.385 e. The minimum absolute atomic E-state index is 0.416. The Morgan fingerprint density at radius 1 is 1.82 bits per heavy atom. The van der Waals surface area contributed by atoms with Crippen LogP contribution in [0.15, 0.2) is 15.9 Å². The van der Waals surface area contributed by atoms with Crippen molar-refractivity contribution in [3.8, 4) is 0 Å². The molecule has 0 saturated carbocycles. The van der Waals surface area contributed by atoms with Crippen molar-refractivity contribution < 1.29 is 9.90 Å². The van der Waals surface area contributed by atoms with Crippen molar-refractivity contribution in [1.82, 2.24) is 0 Å². The highest BCUT2D eigenvalue weighted by molar-refractivity contribution is 9.10. The maximum Gasteiger partial charge on any atom is 0.148 e. The van der Waals surface area contributed by atoms with E-state index in [2.05, 4.69) is 15.9 Å². The van der Waals surface area contributed by atoms with Gasteiger partial charge in [0.25, 0.3) is 0 Å². The van der Waals surface area contributed by atoms with Crippen molar-refractivity contribution in [3.63, 3.8) is 0 Å². The Morgan fingerprint density at radius 2 is 2.55 bits per heavy atom. The van der Waals surface area contributed by atoms with Crippen molar-refractivity contribution in [1.29, 1.82) is 0 Å². The quantitative estimate of drug-likeness (QED) is 0.808. The van der Waals surface area contributed by atoms with Crippen LogP contribution < -0.4 is 0 Å². The van der Waals surface area contributed by atoms with Crippen molar-refractivity contribution in [2.75, 3.05) is 0 Å². The van der Waals surface area contributed by atoms with E-state index in [-0.39, 0.29) is 0 Å². The molecule has 11 heavy (non-hydrogen) atoms. The van der Waals surface area contributed by atoms with Gasteiger partial charge in [0.05, 0.1) is 0 Å². The van der Waals surface area contributed by atoms with E-state index in [1.807, 2.05) is 11.4 Å². The van der Waals surface area contributed by atoms with Gasteiger partial charge in [-0.25, -0.2) is 0 Å². The average molecular weight is 235 g/mol. The molecule has 1 aromatic heterocycles. The summed E-state index contributed by atoms with van der Waals surface area (Å²) in [6.07, 6.45) is 0.105. The van der Waals surface area contributed by atoms with E-state index in [1.165, 1.54) is 11.3 Å². The SMILES string of the molecule is O=CC(O)Cc1cc(Br)cs1. The lowest BCUT2D eigenvalue weighted by Gasteiger charge is -1.97. The normalized spacial score (nSPS) is 12.9. The third-order valence-corrected chi connectivity index (χ3v) is 2.91. The standard InChI is InChI=1S/C7H7BrO2S/c8-5-1-7(11-4-5)2-6(10)3-9/h1,3-4,6,10H,2H2. The second kappa shape index (κ2) is 3.99. The molecular weight excluding hydrogens is 228 g/mol. The molecule has 0 saturated heterocycles. The van der Waals surface area contributed by atoms with E-state index in [1.54, 1.807) is 0 Å². The fraction of sp³-hybridized carbons (Fsp3) is 0.286. The van der Waals surface area contributed by atoms with Crippen LogP contribution in [0.3, 0.4) is 0 Å². The smallest absolute Gasteiger partial charge is 0.148 e. The highest BCUT2D eigenvalue weighted by Gasteiger charge is 2.04. The van der Waals surface area contributed by atoms with Gasteiger partial charge in [-0.1, -0.05) is 0 Å². The molecule has 1 heterocycles. The average Bonchev–Trinajstić information content (AvgIpc) is 2.35. The number of halogens is 1. The third kappa shape index (κ3) is 2.73. The fourth-order valence-electron chi connectivity index (χ4n) is 0.715. The predicted molar refractivity (Wildman–Crippen MR) is 47.8 cm³/mol. The molecule has 0 aromatic carbocycles. The molecule has 0 aliphatic rings. The van der Waals surface area contributed by atoms with Gasteiger partial charge in [0.2, 0.25) is 0 Å². The number of hydrogen-bond donors (Lipinski definition) is 1. The Labute approximate surface area is 77.0 Å². The van der Waals surface area contributed by atoms with Crippen LogP contribution in [-0.4, -0.2) is 17.5 Å². The largest absolute Gasteiger partial charge is 0.385 e. The molecule has 0 aliphatic heterocycles. The molecule has 2 nitrogen and oxygen atoms in total. The van der Waals surface area contributed by atoms with Crippen LogP contribution in [0.4, 0.5) is 0 Å². The van der Waals surface area contributed by atoms with Crippen molar-refractivity contribution in [2.24, 2.45) is 0 Å². The molecule has 0 bridgehead atoms. The zero-order valence-corrected chi connectivity index (χ0v) is 8.06. The van der Waals surface area contributed by atoms with Crippen molar-refractivity contribution in [2.45, 2.75) is 12.5 Å². The molecule has 1 N–H and O–H groups in total. The van der Waals surface area contributed by atoms with E-state index in [0.29, 0.717) is 12.7 Å². The summed E-state index contributed by atoms with van der Waals surface area (Å²) in [4.78, 5) is 11.1. The first kappa shape index (κ1) is 8.90. The lowest BCUT2D eigenvalue weighted by atomic mass is 10.2. The van der Waals surface area contributed by atoms with Crippen LogP contribution in [0.1, 0.15) is 4.88 Å². The highest BCUT2D eigenvalue weighted by Crippen LogP contribution is 2.20. The van der Waals surface area contributed by atoms with Gasteiger partial charge in [0, 0.05) is 21.2 Å². The number of carbonyl (C=O) groups is 1. The second-order valence-electron chi connectivity index (χ2n) is 2.14. The van der Waals surface area contributed by atoms with Gasteiger partial charge in [-0.3, -0.25) is 0 Å². The van der Waals surface area contributed by atoms with Crippen LogP contribution >= 0.6 is 27.3 Å². The summed E-state index contributed by atoms with van der Waals surface area (Å²) in [6.45, 7) is 0. The molecule has 1 atom stereocenters. The number of rotatable bonds is 3. The topological polar surface area (TPSA) is 37.3 Å². The molecule has 0 spiro atoms. The maximum absolute atomic E-state index is 10.1. The second-order valence-corrected chi connectivity index (χ2v) is 4.05. The lowest BCUT2D eigenvalue weighted by molar-refractivity contribution is -0.114. The predicted octanol–water partition coefficient (Wildman–Crippen LogP) is 1.61. The van der Waals surface area contributed by atoms with Crippen molar-refractivity contribution in [3.05, 3.63) is 20.8 Å². The number of aldehydes is 1. The van der Waals surface area contributed by atoms with E-state index >= 15 is 0 Å². The molecule has 0 aliphatic carbocycles. The summed E-state index contributed by atoms with van der Waals surface area (Å²) in [6, 6.07) is 1.90. The minimum atomic E-state index is -0.861. The van der Waals surface area contributed by atoms with Crippen LogP contribution in [0.2, 0.25) is 0 Å². The number of hydrogen-bond acceptors (Lipinski definition) is 3. The molecule has 1 rings (SSSR count). The summed E-state index contributed by atoms with van der Waals surface area (Å²) in [7, 11) is 0. The van der Waals surface area contributed by atoms with E-state index < -0.39 is 6.10 Å². The summed E-state index contributed by atoms with van der Waals surface area (Å²) in [5.74, 6) is 0. The molecule has 0 radical (unpaired) electrons. The molecule has 1 aromatic rings. The molecule has 60 valence electrons. The summed E-state index contributed by atoms with van der Waals surface area (Å²) in [5.41, 5.74) is 0. The summed E-state index contributed by atoms with van der Waals surface area (Å²) >= 11 is 4.81. The highest BCUT2D eigenvalue weighted by atomic mass is 79.9. The summed E-state index contributed by atoms with van der Waals surface area (Å²) in [5, 5.41) is 10.9. The number of aliphatic hydroxyl groups excluding tert-OH is 1. The monoisotopic (exact) mass is 234 g/mol. The van der Waals surface area contributed by atoms with Crippen molar-refractivity contribution >= 4 is 33.6 Å². The lowest BCUT2D eigenvalue weighted by Crippen LogP contribution is -2.10.